The number of carbonyl (C=O) groups is 16. The lowest BCUT2D eigenvalue weighted by atomic mass is 9.96. The Bertz CT molecular complexity index is 4030. The van der Waals surface area contributed by atoms with Crippen LogP contribution in [0.4, 0.5) is 0 Å². The third-order valence-electron chi connectivity index (χ3n) is 20.6. The summed E-state index contributed by atoms with van der Waals surface area (Å²) in [7, 11) is 0. The molecule has 14 amide bonds. The number of nitrogens with two attached hydrogens (primary N) is 6. The molecule has 2 aromatic rings. The molecule has 3 fully saturated rings. The highest BCUT2D eigenvalue weighted by Crippen LogP contribution is 2.34. The predicted octanol–water partition coefficient (Wildman–Crippen LogP) is -2.28. The van der Waals surface area contributed by atoms with Crippen LogP contribution >= 0.6 is 31.9 Å². The third kappa shape index (κ3) is 33.2. The van der Waals surface area contributed by atoms with Crippen LogP contribution in [-0.4, -0.2) is 248 Å². The highest BCUT2D eigenvalue weighted by molar-refractivity contribution is 9.11. The smallest absolute Gasteiger partial charge is 0.326 e. The molecular weight excluding hydrogens is 1710 g/mol. The molecule has 0 aliphatic carbocycles. The first kappa shape index (κ1) is 101. The summed E-state index contributed by atoms with van der Waals surface area (Å²) in [6.07, 6.45) is -1.64. The van der Waals surface area contributed by atoms with E-state index in [-0.39, 0.29) is 186 Å². The summed E-state index contributed by atoms with van der Waals surface area (Å²) in [5, 5.41) is 69.2. The highest BCUT2D eigenvalue weighted by atomic mass is 79.9. The van der Waals surface area contributed by atoms with E-state index in [4.69, 9.17) is 34.4 Å². The number of phenolic OH excluding ortho intramolecular Hbond substituents is 2. The molecule has 3 aliphatic heterocycles. The van der Waals surface area contributed by atoms with Crippen molar-refractivity contribution in [2.24, 2.45) is 62.1 Å². The zero-order valence-corrected chi connectivity index (χ0v) is 72.1. The lowest BCUT2D eigenvalue weighted by molar-refractivity contribution is -0.144. The molecule has 41 nitrogen and oxygen atoms in total. The number of likely N-dealkylation sites (tertiary alicyclic amines) is 2. The van der Waals surface area contributed by atoms with Gasteiger partial charge in [-0.25, -0.2) is 4.79 Å². The largest absolute Gasteiger partial charge is 0.508 e. The molecule has 3 heterocycles. The molecule has 0 bridgehead atoms. The van der Waals surface area contributed by atoms with Gasteiger partial charge in [0.15, 0.2) is 11.9 Å². The van der Waals surface area contributed by atoms with Crippen LogP contribution in [0.1, 0.15) is 175 Å². The maximum atomic E-state index is 15.2. The Labute approximate surface area is 717 Å². The minimum atomic E-state index is -1.93. The van der Waals surface area contributed by atoms with E-state index in [9.17, 15) is 82.8 Å². The molecule has 2 aromatic carbocycles. The second-order valence-electron chi connectivity index (χ2n) is 31.3. The molecule has 121 heavy (non-hydrogen) atoms. The van der Waals surface area contributed by atoms with E-state index in [2.05, 4.69) is 100 Å². The van der Waals surface area contributed by atoms with Gasteiger partial charge in [0.25, 0.3) is 0 Å². The number of amides is 14. The zero-order valence-electron chi connectivity index (χ0n) is 68.9. The van der Waals surface area contributed by atoms with Gasteiger partial charge >= 0.3 is 11.9 Å². The number of benzene rings is 2. The summed E-state index contributed by atoms with van der Waals surface area (Å²) in [5.41, 5.74) is 34.9. The minimum absolute atomic E-state index is 0.000638. The lowest BCUT2D eigenvalue weighted by Gasteiger charge is -2.32. The highest BCUT2D eigenvalue weighted by Gasteiger charge is 2.44. The van der Waals surface area contributed by atoms with Crippen LogP contribution in [0.2, 0.25) is 0 Å². The summed E-state index contributed by atoms with van der Waals surface area (Å²) < 4.78 is 0.440. The number of guanidine groups is 2. The Hall–Kier alpha value is -11.0. The van der Waals surface area contributed by atoms with Crippen LogP contribution < -0.4 is 92.9 Å². The lowest BCUT2D eigenvalue weighted by Crippen LogP contribution is -2.61. The van der Waals surface area contributed by atoms with Crippen molar-refractivity contribution in [3.63, 3.8) is 0 Å². The van der Waals surface area contributed by atoms with E-state index in [1.54, 1.807) is 41.5 Å². The number of phenols is 2. The summed E-state index contributed by atoms with van der Waals surface area (Å²) in [6.45, 7) is 10.4. The first-order chi connectivity index (χ1) is 57.1. The van der Waals surface area contributed by atoms with Gasteiger partial charge in [-0.15, -0.1) is 0 Å². The molecule has 14 atom stereocenters. The van der Waals surface area contributed by atoms with E-state index < -0.39 is 192 Å². The quantitative estimate of drug-likeness (QED) is 0.0188. The number of aromatic hydroxyl groups is 2. The minimum Gasteiger partial charge on any atom is -0.508 e. The van der Waals surface area contributed by atoms with Crippen molar-refractivity contribution in [1.82, 2.24) is 68.3 Å². The molecule has 0 aromatic heterocycles. The van der Waals surface area contributed by atoms with Crippen LogP contribution in [0.25, 0.3) is 0 Å². The maximum Gasteiger partial charge on any atom is 0.326 e. The van der Waals surface area contributed by atoms with Crippen LogP contribution in [0.3, 0.4) is 0 Å². The Kier molecular flexibility index (Phi) is 41.3. The number of aliphatic carboxylic acids is 2. The van der Waals surface area contributed by atoms with Gasteiger partial charge in [0.2, 0.25) is 82.7 Å². The fraction of sp³-hybridized carbons (Fsp3) is 0.615. The number of rotatable bonds is 50. The standard InChI is InChI=1S/C78H119Br2N21O20/c1-7-41(6)62(73(117)98-56(76(120)121)33-40(4)5)99-70(114)54(37-43-34-45(79)63(107)46(80)35-43)97-72(116)58-18-13-31-101(58)75(119)51(16-11-29-88-78(85)86)92-64(108)47(15-10-28-87-77(83)84)91-71(115)57-17-12-30-100(57)74(118)50(14-8-9-27-81)93-69(113)55(38-59(82)103)96-66(110)49(24-26-61(105)106)90-68(112)53(36-42-19-21-44(102)22-20-42)95-67(111)52(32-39(2)3)94-65(109)48-23-25-60(104)89-48/h19-22,34-35,39-41,47-58,62,102,107H,7-18,23-33,36-38,81H2,1-6H3,(H2,82,103)(H,89,104)(H,90,112)(H,91,115)(H,92,108)(H,93,113)(H,94,109)(H,95,111)(H,96,110)(H,97,116)(H,98,117)(H,99,114)(H,105,106)(H,120,121)(H4,83,84,87)(H4,85,86,88). The second kappa shape index (κ2) is 49.7. The number of hydrogen-bond acceptors (Lipinski definition) is 21. The van der Waals surface area contributed by atoms with E-state index in [1.165, 1.54) is 41.3 Å². The van der Waals surface area contributed by atoms with Crippen molar-refractivity contribution in [2.45, 2.75) is 255 Å². The van der Waals surface area contributed by atoms with Gasteiger partial charge in [-0.2, -0.15) is 0 Å². The van der Waals surface area contributed by atoms with Crippen molar-refractivity contribution >= 4 is 138 Å². The number of carbonyl (C=O) groups excluding carboxylic acids is 14. The molecule has 5 rings (SSSR count). The van der Waals surface area contributed by atoms with Gasteiger partial charge in [-0.1, -0.05) is 60.1 Å². The Morgan fingerprint density at radius 2 is 0.942 bits per heavy atom. The average Bonchev–Trinajstić information content (AvgIpc) is 1.71. The Balaban J connectivity index is 1.43. The molecule has 3 aliphatic rings. The number of nitrogens with one attached hydrogen (secondary N) is 11. The van der Waals surface area contributed by atoms with Crippen LogP contribution in [0.5, 0.6) is 11.5 Å². The van der Waals surface area contributed by atoms with E-state index >= 15 is 14.4 Å². The summed E-state index contributed by atoms with van der Waals surface area (Å²) in [4.78, 5) is 235. The zero-order chi connectivity index (χ0) is 90.1. The Morgan fingerprint density at radius 1 is 0.512 bits per heavy atom. The van der Waals surface area contributed by atoms with Crippen molar-refractivity contribution in [2.75, 3.05) is 32.7 Å². The number of carboxylic acids is 2. The monoisotopic (exact) mass is 1830 g/mol. The molecule has 43 heteroatoms. The number of unbranched alkanes of at least 4 members (excludes halogenated alkanes) is 1. The van der Waals surface area contributed by atoms with Gasteiger partial charge in [-0.3, -0.25) is 81.9 Å². The van der Waals surface area contributed by atoms with Crippen LogP contribution in [0.15, 0.2) is 55.3 Å². The molecule has 27 N–H and O–H groups in total. The molecule has 670 valence electrons. The normalized spacial score (nSPS) is 17.7. The van der Waals surface area contributed by atoms with Gasteiger partial charge in [0, 0.05) is 51.9 Å². The topological polar surface area (TPSA) is 674 Å². The number of aliphatic imine (C=N–C) groups is 2. The van der Waals surface area contributed by atoms with Gasteiger partial charge < -0.3 is 123 Å². The second-order valence-corrected chi connectivity index (χ2v) is 33.0. The van der Waals surface area contributed by atoms with Crippen molar-refractivity contribution < 1.29 is 97.1 Å². The third-order valence-corrected chi connectivity index (χ3v) is 21.8. The predicted molar refractivity (Wildman–Crippen MR) is 448 cm³/mol. The van der Waals surface area contributed by atoms with Gasteiger partial charge in [0.1, 0.15) is 90.0 Å². The van der Waals surface area contributed by atoms with Crippen molar-refractivity contribution in [3.05, 3.63) is 56.5 Å². The van der Waals surface area contributed by atoms with E-state index in [0.29, 0.717) is 24.0 Å². The van der Waals surface area contributed by atoms with Crippen molar-refractivity contribution in [1.29, 1.82) is 0 Å². The van der Waals surface area contributed by atoms with Gasteiger partial charge in [0.05, 0.1) is 15.4 Å². The number of halogens is 2. The first-order valence-electron chi connectivity index (χ1n) is 40.5. The fourth-order valence-corrected chi connectivity index (χ4v) is 15.4. The summed E-state index contributed by atoms with van der Waals surface area (Å²) in [6, 6.07) is -10.3. The van der Waals surface area contributed by atoms with Crippen LogP contribution in [0, 0.1) is 17.8 Å². The number of primary amides is 1. The van der Waals surface area contributed by atoms with Crippen LogP contribution in [-0.2, 0) is 89.6 Å². The molecular formula is C78H119Br2N21O20. The molecule has 0 radical (unpaired) electrons. The number of hydrogen-bond donors (Lipinski definition) is 21. The molecule has 14 unspecified atom stereocenters. The fourth-order valence-electron chi connectivity index (χ4n) is 14.1. The number of nitrogens with zero attached hydrogens (tertiary/aromatic N) is 4. The molecule has 0 saturated carbocycles. The summed E-state index contributed by atoms with van der Waals surface area (Å²) in [5.74, 6) is -17.0. The molecule has 3 saturated heterocycles. The SMILES string of the molecule is CCC(C)C(NC(=O)C(Cc1cc(Br)c(O)c(Br)c1)NC(=O)C1CCCN1C(=O)C(CCCN=C(N)N)NC(=O)C(CCCN=C(N)N)NC(=O)C1CCCN1C(=O)C(CCCCN)NC(=O)C(CC(N)=O)NC(=O)C(CCC(=O)O)NC(=O)C(Cc1ccc(O)cc1)NC(=O)C(CC(C)C)NC(=O)C1CCC(=O)N1)C(=O)NC(CC(C)C)C(=O)O. The van der Waals surface area contributed by atoms with E-state index in [1.807, 2.05) is 0 Å². The first-order valence-corrected chi connectivity index (χ1v) is 42.1. The Morgan fingerprint density at radius 3 is 1.43 bits per heavy atom. The average molecular weight is 1830 g/mol. The molecule has 0 spiro atoms. The van der Waals surface area contributed by atoms with Gasteiger partial charge in [-0.05, 0) is 188 Å². The summed E-state index contributed by atoms with van der Waals surface area (Å²) >= 11 is 6.61. The van der Waals surface area contributed by atoms with Crippen molar-refractivity contribution in [3.8, 4) is 11.5 Å². The maximum absolute atomic E-state index is 15.2. The van der Waals surface area contributed by atoms with E-state index in [0.717, 1.165) is 4.90 Å². The number of carboxylic acid groups (broad SMARTS) is 2.